The van der Waals surface area contributed by atoms with Gasteiger partial charge in [0.15, 0.2) is 18.1 Å². The third kappa shape index (κ3) is 4.01. The van der Waals surface area contributed by atoms with Crippen molar-refractivity contribution in [2.75, 3.05) is 19.6 Å². The number of rotatable bonds is 5. The number of carboxylic acid groups (broad SMARTS) is 1. The number of fused-ring (bicyclic) bond motifs is 1. The van der Waals surface area contributed by atoms with Crippen molar-refractivity contribution >= 4 is 18.1 Å². The number of aromatic nitrogens is 1. The molecule has 0 unspecified atom stereocenters. The standard InChI is InChI=1S/C15H20N4O6/c16-13(20)12-3-11(25-18-12)7-24-14(21)17-4-8-1-9-5-19(15(22)23)6-10(9)2-8/h3,8-10H,1-2,4-7H2,(H2,16,20)(H,17,21)(H,22,23)/t8-,9-,10+. The number of nitrogens with one attached hydrogen (secondary N) is 1. The molecule has 3 rings (SSSR count). The smallest absolute Gasteiger partial charge is 0.407 e. The molecule has 1 aromatic rings. The largest absolute Gasteiger partial charge is 0.465 e. The second-order valence-corrected chi connectivity index (χ2v) is 6.54. The van der Waals surface area contributed by atoms with E-state index in [1.54, 1.807) is 0 Å². The van der Waals surface area contributed by atoms with Crippen LogP contribution in [0.5, 0.6) is 0 Å². The number of nitrogens with zero attached hydrogens (tertiary/aromatic N) is 2. The lowest BCUT2D eigenvalue weighted by atomic mass is 10.0. The van der Waals surface area contributed by atoms with Crippen molar-refractivity contribution < 1.29 is 28.8 Å². The summed E-state index contributed by atoms with van der Waals surface area (Å²) in [5.41, 5.74) is 5.03. The van der Waals surface area contributed by atoms with Crippen molar-refractivity contribution in [1.82, 2.24) is 15.4 Å². The second kappa shape index (κ2) is 6.99. The van der Waals surface area contributed by atoms with Crippen LogP contribution in [0.15, 0.2) is 10.6 Å². The average Bonchev–Trinajstić information content (AvgIpc) is 3.24. The van der Waals surface area contributed by atoms with Gasteiger partial charge in [-0.1, -0.05) is 5.16 Å². The van der Waals surface area contributed by atoms with Gasteiger partial charge in [-0.3, -0.25) is 4.79 Å². The lowest BCUT2D eigenvalue weighted by molar-refractivity contribution is 0.0989. The number of carbonyl (C=O) groups excluding carboxylic acids is 2. The molecule has 0 spiro atoms. The lowest BCUT2D eigenvalue weighted by Gasteiger charge is -2.16. The highest BCUT2D eigenvalue weighted by Crippen LogP contribution is 2.41. The number of alkyl carbamates (subject to hydrolysis) is 1. The predicted octanol–water partition coefficient (Wildman–Crippen LogP) is 0.636. The molecule has 0 aromatic carbocycles. The summed E-state index contributed by atoms with van der Waals surface area (Å²) in [7, 11) is 0. The number of hydrogen-bond acceptors (Lipinski definition) is 6. The van der Waals surface area contributed by atoms with Gasteiger partial charge in [-0.15, -0.1) is 0 Å². The molecule has 136 valence electrons. The molecule has 1 saturated carbocycles. The number of primary amides is 1. The van der Waals surface area contributed by atoms with E-state index in [9.17, 15) is 14.4 Å². The summed E-state index contributed by atoms with van der Waals surface area (Å²) in [5.74, 6) is 0.590. The van der Waals surface area contributed by atoms with Crippen LogP contribution in [0, 0.1) is 17.8 Å². The Bertz CT molecular complexity index is 661. The summed E-state index contributed by atoms with van der Waals surface area (Å²) in [6.45, 7) is 1.50. The van der Waals surface area contributed by atoms with Gasteiger partial charge in [0.1, 0.15) is 0 Å². The summed E-state index contributed by atoms with van der Waals surface area (Å²) in [6, 6.07) is 1.32. The van der Waals surface area contributed by atoms with Crippen LogP contribution >= 0.6 is 0 Å². The van der Waals surface area contributed by atoms with E-state index in [1.165, 1.54) is 11.0 Å². The Balaban J connectivity index is 1.36. The molecule has 10 heteroatoms. The highest BCUT2D eigenvalue weighted by atomic mass is 16.6. The first-order valence-corrected chi connectivity index (χ1v) is 8.06. The van der Waals surface area contributed by atoms with Crippen LogP contribution in [0.25, 0.3) is 0 Å². The minimum atomic E-state index is -0.862. The summed E-state index contributed by atoms with van der Waals surface area (Å²) in [5, 5.41) is 15.2. The molecule has 3 amide bonds. The first-order valence-electron chi connectivity index (χ1n) is 8.06. The Morgan fingerprint density at radius 2 is 2.04 bits per heavy atom. The van der Waals surface area contributed by atoms with Crippen LogP contribution in [-0.4, -0.2) is 52.9 Å². The van der Waals surface area contributed by atoms with E-state index in [0.717, 1.165) is 12.8 Å². The van der Waals surface area contributed by atoms with Crippen molar-refractivity contribution in [3.63, 3.8) is 0 Å². The fourth-order valence-corrected chi connectivity index (χ4v) is 3.66. The molecular formula is C15H20N4O6. The van der Waals surface area contributed by atoms with Gasteiger partial charge in [-0.05, 0) is 30.6 Å². The highest BCUT2D eigenvalue weighted by Gasteiger charge is 2.42. The molecule has 10 nitrogen and oxygen atoms in total. The molecule has 25 heavy (non-hydrogen) atoms. The highest BCUT2D eigenvalue weighted by molar-refractivity contribution is 5.90. The van der Waals surface area contributed by atoms with Gasteiger partial charge in [-0.2, -0.15) is 0 Å². The zero-order valence-electron chi connectivity index (χ0n) is 13.5. The van der Waals surface area contributed by atoms with Crippen molar-refractivity contribution in [3.05, 3.63) is 17.5 Å². The Morgan fingerprint density at radius 1 is 1.36 bits per heavy atom. The summed E-state index contributed by atoms with van der Waals surface area (Å²) in [4.78, 5) is 35.0. The van der Waals surface area contributed by atoms with Crippen LogP contribution in [0.4, 0.5) is 9.59 Å². The van der Waals surface area contributed by atoms with Crippen LogP contribution in [0.3, 0.4) is 0 Å². The molecule has 0 bridgehead atoms. The van der Waals surface area contributed by atoms with Crippen LogP contribution in [-0.2, 0) is 11.3 Å². The van der Waals surface area contributed by atoms with Crippen LogP contribution in [0.1, 0.15) is 29.1 Å². The molecule has 2 heterocycles. The van der Waals surface area contributed by atoms with Crippen LogP contribution in [0.2, 0.25) is 0 Å². The number of carbonyl (C=O) groups is 3. The predicted molar refractivity (Wildman–Crippen MR) is 82.5 cm³/mol. The van der Waals surface area contributed by atoms with Gasteiger partial charge < -0.3 is 30.3 Å². The molecule has 1 saturated heterocycles. The zero-order valence-corrected chi connectivity index (χ0v) is 13.5. The Morgan fingerprint density at radius 3 is 2.60 bits per heavy atom. The minimum Gasteiger partial charge on any atom is -0.465 e. The summed E-state index contributed by atoms with van der Waals surface area (Å²) < 4.78 is 9.83. The maximum atomic E-state index is 11.7. The summed E-state index contributed by atoms with van der Waals surface area (Å²) >= 11 is 0. The molecule has 1 aliphatic carbocycles. The summed E-state index contributed by atoms with van der Waals surface area (Å²) in [6.07, 6.45) is 0.359. The Hall–Kier alpha value is -2.78. The fourth-order valence-electron chi connectivity index (χ4n) is 3.66. The molecule has 1 aliphatic heterocycles. The molecule has 2 fully saturated rings. The second-order valence-electron chi connectivity index (χ2n) is 6.54. The van der Waals surface area contributed by atoms with E-state index >= 15 is 0 Å². The van der Waals surface area contributed by atoms with Gasteiger partial charge in [-0.25, -0.2) is 9.59 Å². The number of hydrogen-bond donors (Lipinski definition) is 3. The minimum absolute atomic E-state index is 0.0214. The molecule has 1 aromatic heterocycles. The number of amides is 3. The average molecular weight is 352 g/mol. The van der Waals surface area contributed by atoms with Gasteiger partial charge in [0.2, 0.25) is 0 Å². The Labute approximate surface area is 143 Å². The zero-order chi connectivity index (χ0) is 18.0. The number of likely N-dealkylation sites (tertiary alicyclic amines) is 1. The number of ether oxygens (including phenoxy) is 1. The van der Waals surface area contributed by atoms with E-state index in [4.69, 9.17) is 20.1 Å². The molecule has 3 atom stereocenters. The van der Waals surface area contributed by atoms with E-state index in [1.807, 2.05) is 0 Å². The third-order valence-electron chi connectivity index (χ3n) is 4.81. The monoisotopic (exact) mass is 352 g/mol. The van der Waals surface area contributed by atoms with Crippen molar-refractivity contribution in [1.29, 1.82) is 0 Å². The quantitative estimate of drug-likeness (QED) is 0.704. The van der Waals surface area contributed by atoms with Gasteiger partial charge in [0, 0.05) is 25.7 Å². The van der Waals surface area contributed by atoms with Crippen molar-refractivity contribution in [2.45, 2.75) is 19.4 Å². The van der Waals surface area contributed by atoms with Crippen LogP contribution < -0.4 is 11.1 Å². The topological polar surface area (TPSA) is 148 Å². The third-order valence-corrected chi connectivity index (χ3v) is 4.81. The first-order chi connectivity index (χ1) is 11.9. The van der Waals surface area contributed by atoms with E-state index in [0.29, 0.717) is 37.4 Å². The SMILES string of the molecule is NC(=O)c1cc(COC(=O)NC[C@@H]2C[C@@H]3CN(C(=O)O)C[C@@H]3C2)on1. The molecule has 4 N–H and O–H groups in total. The Kier molecular flexibility index (Phi) is 4.77. The maximum Gasteiger partial charge on any atom is 0.407 e. The molecule has 2 aliphatic rings. The van der Waals surface area contributed by atoms with E-state index in [2.05, 4.69) is 10.5 Å². The molecule has 0 radical (unpaired) electrons. The van der Waals surface area contributed by atoms with Gasteiger partial charge >= 0.3 is 12.2 Å². The van der Waals surface area contributed by atoms with Crippen molar-refractivity contribution in [2.24, 2.45) is 23.5 Å². The van der Waals surface area contributed by atoms with Gasteiger partial charge in [0.05, 0.1) is 0 Å². The normalized spacial score (nSPS) is 24.8. The molecular weight excluding hydrogens is 332 g/mol. The lowest BCUT2D eigenvalue weighted by Crippen LogP contribution is -2.31. The fraction of sp³-hybridized carbons (Fsp3) is 0.600. The first kappa shape index (κ1) is 17.1. The van der Waals surface area contributed by atoms with Gasteiger partial charge in [0.25, 0.3) is 5.91 Å². The maximum absolute atomic E-state index is 11.7. The van der Waals surface area contributed by atoms with Crippen molar-refractivity contribution in [3.8, 4) is 0 Å². The number of nitrogens with two attached hydrogens (primary N) is 1. The van der Waals surface area contributed by atoms with E-state index < -0.39 is 18.1 Å². The van der Waals surface area contributed by atoms with E-state index in [-0.39, 0.29) is 18.1 Å².